The first kappa shape index (κ1) is 18.4. The molecular formula is C21H25FN2O2. The van der Waals surface area contributed by atoms with E-state index in [1.54, 1.807) is 6.07 Å². The zero-order valence-corrected chi connectivity index (χ0v) is 15.5. The number of amides is 1. The highest BCUT2D eigenvalue weighted by atomic mass is 19.1. The molecule has 1 aliphatic rings. The van der Waals surface area contributed by atoms with Crippen molar-refractivity contribution in [3.05, 3.63) is 58.9 Å². The Morgan fingerprint density at radius 2 is 1.88 bits per heavy atom. The van der Waals surface area contributed by atoms with E-state index in [-0.39, 0.29) is 5.82 Å². The van der Waals surface area contributed by atoms with Gasteiger partial charge in [-0.15, -0.1) is 0 Å². The molecule has 0 bridgehead atoms. The lowest BCUT2D eigenvalue weighted by Crippen LogP contribution is -2.32. The van der Waals surface area contributed by atoms with E-state index in [1.807, 2.05) is 51.1 Å². The molecule has 26 heavy (non-hydrogen) atoms. The van der Waals surface area contributed by atoms with Crippen LogP contribution in [0.3, 0.4) is 0 Å². The Hall–Kier alpha value is -2.40. The van der Waals surface area contributed by atoms with Crippen molar-refractivity contribution in [2.45, 2.75) is 45.9 Å². The SMILES string of the molecule is CC(C)(C)OC(=O)NCc1ccc(-c2ccc(F)c3c2CNCC3)cc1. The van der Waals surface area contributed by atoms with E-state index in [0.717, 1.165) is 34.4 Å². The van der Waals surface area contributed by atoms with Gasteiger partial charge in [-0.05, 0) is 67.6 Å². The normalized spacial score (nSPS) is 13.8. The predicted molar refractivity (Wildman–Crippen MR) is 100 cm³/mol. The lowest BCUT2D eigenvalue weighted by molar-refractivity contribution is 0.0523. The maximum atomic E-state index is 14.0. The van der Waals surface area contributed by atoms with Crippen LogP contribution in [-0.4, -0.2) is 18.2 Å². The summed E-state index contributed by atoms with van der Waals surface area (Å²) < 4.78 is 19.3. The average Bonchev–Trinajstić information content (AvgIpc) is 2.60. The van der Waals surface area contributed by atoms with Crippen molar-refractivity contribution in [1.82, 2.24) is 10.6 Å². The van der Waals surface area contributed by atoms with Crippen LogP contribution in [0.1, 0.15) is 37.5 Å². The summed E-state index contributed by atoms with van der Waals surface area (Å²) in [6, 6.07) is 11.4. The molecule has 4 nitrogen and oxygen atoms in total. The van der Waals surface area contributed by atoms with E-state index in [9.17, 15) is 9.18 Å². The van der Waals surface area contributed by atoms with Crippen LogP contribution in [0.15, 0.2) is 36.4 Å². The van der Waals surface area contributed by atoms with Crippen LogP contribution in [0.2, 0.25) is 0 Å². The van der Waals surface area contributed by atoms with E-state index in [4.69, 9.17) is 4.74 Å². The maximum absolute atomic E-state index is 14.0. The summed E-state index contributed by atoms with van der Waals surface area (Å²) in [5.74, 6) is -0.122. The van der Waals surface area contributed by atoms with Gasteiger partial charge in [-0.1, -0.05) is 30.3 Å². The molecule has 0 fully saturated rings. The molecule has 1 aliphatic heterocycles. The van der Waals surface area contributed by atoms with Gasteiger partial charge in [-0.2, -0.15) is 0 Å². The zero-order chi connectivity index (χ0) is 18.7. The van der Waals surface area contributed by atoms with E-state index >= 15 is 0 Å². The highest BCUT2D eigenvalue weighted by molar-refractivity contribution is 5.70. The summed E-state index contributed by atoms with van der Waals surface area (Å²) in [5.41, 5.74) is 4.43. The molecule has 0 unspecified atom stereocenters. The largest absolute Gasteiger partial charge is 0.444 e. The first-order chi connectivity index (χ1) is 12.3. The summed E-state index contributed by atoms with van der Waals surface area (Å²) in [4.78, 5) is 11.7. The van der Waals surface area contributed by atoms with Gasteiger partial charge in [0.05, 0.1) is 0 Å². The number of alkyl carbamates (subject to hydrolysis) is 1. The smallest absolute Gasteiger partial charge is 0.407 e. The second-order valence-electron chi connectivity index (χ2n) is 7.53. The Kier molecular flexibility index (Phi) is 5.28. The van der Waals surface area contributed by atoms with Gasteiger partial charge in [0.2, 0.25) is 0 Å². The Morgan fingerprint density at radius 3 is 2.58 bits per heavy atom. The van der Waals surface area contributed by atoms with Crippen LogP contribution in [0.5, 0.6) is 0 Å². The number of hydrogen-bond donors (Lipinski definition) is 2. The van der Waals surface area contributed by atoms with Gasteiger partial charge in [-0.3, -0.25) is 0 Å². The topological polar surface area (TPSA) is 50.4 Å². The number of fused-ring (bicyclic) bond motifs is 1. The number of carbonyl (C=O) groups is 1. The standard InChI is InChI=1S/C21H25FN2O2/c1-21(2,3)26-20(25)24-12-14-4-6-15(7-5-14)16-8-9-19(22)17-10-11-23-13-18(16)17/h4-9,23H,10-13H2,1-3H3,(H,24,25). The van der Waals surface area contributed by atoms with Crippen molar-refractivity contribution in [2.75, 3.05) is 6.54 Å². The van der Waals surface area contributed by atoms with Crippen molar-refractivity contribution in [2.24, 2.45) is 0 Å². The van der Waals surface area contributed by atoms with Crippen molar-refractivity contribution < 1.29 is 13.9 Å². The van der Waals surface area contributed by atoms with Gasteiger partial charge in [0.25, 0.3) is 0 Å². The molecule has 1 amide bonds. The van der Waals surface area contributed by atoms with Crippen LogP contribution in [0, 0.1) is 5.82 Å². The predicted octanol–water partition coefficient (Wildman–Crippen LogP) is 4.16. The molecule has 1 heterocycles. The summed E-state index contributed by atoms with van der Waals surface area (Å²) in [6.07, 6.45) is 0.285. The number of hydrogen-bond acceptors (Lipinski definition) is 3. The highest BCUT2D eigenvalue weighted by Crippen LogP contribution is 2.30. The molecule has 0 radical (unpaired) electrons. The highest BCUT2D eigenvalue weighted by Gasteiger charge is 2.18. The molecule has 5 heteroatoms. The minimum atomic E-state index is -0.510. The average molecular weight is 356 g/mol. The lowest BCUT2D eigenvalue weighted by atomic mass is 9.91. The van der Waals surface area contributed by atoms with Gasteiger partial charge in [0.1, 0.15) is 11.4 Å². The molecule has 2 aromatic rings. The van der Waals surface area contributed by atoms with Gasteiger partial charge < -0.3 is 15.4 Å². The Balaban J connectivity index is 1.72. The molecule has 0 aromatic heterocycles. The second-order valence-corrected chi connectivity index (χ2v) is 7.53. The van der Waals surface area contributed by atoms with E-state index in [1.165, 1.54) is 0 Å². The van der Waals surface area contributed by atoms with Gasteiger partial charge in [0, 0.05) is 13.1 Å². The van der Waals surface area contributed by atoms with Crippen LogP contribution in [-0.2, 0) is 24.2 Å². The third-order valence-corrected chi connectivity index (χ3v) is 4.33. The van der Waals surface area contributed by atoms with Crippen LogP contribution >= 0.6 is 0 Å². The van der Waals surface area contributed by atoms with E-state index < -0.39 is 11.7 Å². The van der Waals surface area contributed by atoms with E-state index in [2.05, 4.69) is 10.6 Å². The number of carbonyl (C=O) groups excluding carboxylic acids is 1. The molecule has 3 rings (SSSR count). The first-order valence-electron chi connectivity index (χ1n) is 8.90. The third-order valence-electron chi connectivity index (χ3n) is 4.33. The Bertz CT molecular complexity index is 795. The molecule has 0 saturated heterocycles. The van der Waals surface area contributed by atoms with Crippen LogP contribution < -0.4 is 10.6 Å². The van der Waals surface area contributed by atoms with Crippen LogP contribution in [0.4, 0.5) is 9.18 Å². The summed E-state index contributed by atoms with van der Waals surface area (Å²) in [7, 11) is 0. The first-order valence-corrected chi connectivity index (χ1v) is 8.90. The fourth-order valence-corrected chi connectivity index (χ4v) is 3.12. The molecule has 138 valence electrons. The number of halogens is 1. The number of benzene rings is 2. The molecule has 0 spiro atoms. The number of ether oxygens (including phenoxy) is 1. The summed E-state index contributed by atoms with van der Waals surface area (Å²) in [5, 5.41) is 6.06. The number of nitrogens with one attached hydrogen (secondary N) is 2. The fraction of sp³-hybridized carbons (Fsp3) is 0.381. The zero-order valence-electron chi connectivity index (χ0n) is 15.5. The molecule has 2 N–H and O–H groups in total. The minimum absolute atomic E-state index is 0.122. The molecule has 0 aliphatic carbocycles. The number of rotatable bonds is 3. The summed E-state index contributed by atoms with van der Waals surface area (Å²) >= 11 is 0. The van der Waals surface area contributed by atoms with Gasteiger partial charge in [-0.25, -0.2) is 9.18 Å². The molecule has 0 saturated carbocycles. The quantitative estimate of drug-likeness (QED) is 0.868. The lowest BCUT2D eigenvalue weighted by Gasteiger charge is -2.21. The van der Waals surface area contributed by atoms with Crippen molar-refractivity contribution >= 4 is 6.09 Å². The second kappa shape index (κ2) is 7.46. The maximum Gasteiger partial charge on any atom is 0.407 e. The Labute approximate surface area is 153 Å². The monoisotopic (exact) mass is 356 g/mol. The minimum Gasteiger partial charge on any atom is -0.444 e. The van der Waals surface area contributed by atoms with Gasteiger partial charge in [0.15, 0.2) is 0 Å². The van der Waals surface area contributed by atoms with Crippen LogP contribution in [0.25, 0.3) is 11.1 Å². The third kappa shape index (κ3) is 4.41. The van der Waals surface area contributed by atoms with Crippen molar-refractivity contribution in [3.63, 3.8) is 0 Å². The molecule has 2 aromatic carbocycles. The molecule has 0 atom stereocenters. The molecular weight excluding hydrogens is 331 g/mol. The fourth-order valence-electron chi connectivity index (χ4n) is 3.12. The van der Waals surface area contributed by atoms with Crippen molar-refractivity contribution in [1.29, 1.82) is 0 Å². The Morgan fingerprint density at radius 1 is 1.15 bits per heavy atom. The van der Waals surface area contributed by atoms with E-state index in [0.29, 0.717) is 19.5 Å². The van der Waals surface area contributed by atoms with Crippen molar-refractivity contribution in [3.8, 4) is 11.1 Å². The summed E-state index contributed by atoms with van der Waals surface area (Å²) in [6.45, 7) is 7.39. The van der Waals surface area contributed by atoms with Gasteiger partial charge >= 0.3 is 6.09 Å².